The number of benzene rings is 1. The standard InChI is InChI=1S/C27H34N2O3S/c30-26(31)18-20-6-7-25-24(17-20)23(27-21(19-32-25)10-16-33-27)5-4-11-28-14-8-22(9-15-28)29-12-2-1-3-13-29/h5-7,10,16-17,22H,1-4,8-9,11-15,18-19H2,(H,30,31). The maximum atomic E-state index is 11.3. The molecule has 0 aliphatic carbocycles. The molecule has 0 saturated carbocycles. The minimum absolute atomic E-state index is 0.0316. The van der Waals surface area contributed by atoms with E-state index >= 15 is 0 Å². The molecule has 0 atom stereocenters. The molecular weight excluding hydrogens is 432 g/mol. The Hall–Kier alpha value is -2.15. The first-order valence-electron chi connectivity index (χ1n) is 12.4. The lowest BCUT2D eigenvalue weighted by atomic mass is 9.97. The SMILES string of the molecule is O=C(O)Cc1ccc2c(c1)C(=CCCN1CCC(N3CCCCC3)CC1)c1sccc1CO2. The molecule has 0 amide bonds. The molecule has 2 saturated heterocycles. The van der Waals surface area contributed by atoms with E-state index in [9.17, 15) is 9.90 Å². The number of likely N-dealkylation sites (tertiary alicyclic amines) is 2. The van der Waals surface area contributed by atoms with Gasteiger partial charge >= 0.3 is 5.97 Å². The number of rotatable bonds is 6. The second kappa shape index (κ2) is 10.4. The van der Waals surface area contributed by atoms with Crippen LogP contribution in [0.15, 0.2) is 35.7 Å². The van der Waals surface area contributed by atoms with Crippen LogP contribution in [0.4, 0.5) is 0 Å². The third kappa shape index (κ3) is 5.34. The van der Waals surface area contributed by atoms with Crippen molar-refractivity contribution in [2.45, 2.75) is 57.6 Å². The van der Waals surface area contributed by atoms with Gasteiger partial charge in [-0.1, -0.05) is 18.6 Å². The van der Waals surface area contributed by atoms with Crippen molar-refractivity contribution < 1.29 is 14.6 Å². The van der Waals surface area contributed by atoms with E-state index in [4.69, 9.17) is 4.74 Å². The molecule has 4 heterocycles. The van der Waals surface area contributed by atoms with Gasteiger partial charge in [-0.25, -0.2) is 0 Å². The minimum atomic E-state index is -0.806. The summed E-state index contributed by atoms with van der Waals surface area (Å²) < 4.78 is 6.09. The number of carbonyl (C=O) groups is 1. The molecule has 3 aliphatic heterocycles. The van der Waals surface area contributed by atoms with Gasteiger partial charge in [-0.2, -0.15) is 0 Å². The van der Waals surface area contributed by atoms with Crippen LogP contribution in [0.5, 0.6) is 5.75 Å². The van der Waals surface area contributed by atoms with E-state index in [1.54, 1.807) is 11.3 Å². The van der Waals surface area contributed by atoms with Gasteiger partial charge in [-0.3, -0.25) is 4.79 Å². The maximum Gasteiger partial charge on any atom is 0.307 e. The van der Waals surface area contributed by atoms with Crippen LogP contribution in [0.3, 0.4) is 0 Å². The monoisotopic (exact) mass is 466 g/mol. The van der Waals surface area contributed by atoms with Crippen LogP contribution in [0.25, 0.3) is 5.57 Å². The van der Waals surface area contributed by atoms with Gasteiger partial charge in [0.25, 0.3) is 0 Å². The zero-order chi connectivity index (χ0) is 22.6. The summed E-state index contributed by atoms with van der Waals surface area (Å²) >= 11 is 1.75. The van der Waals surface area contributed by atoms with Crippen molar-refractivity contribution in [3.05, 3.63) is 57.3 Å². The number of fused-ring (bicyclic) bond motifs is 2. The highest BCUT2D eigenvalue weighted by Gasteiger charge is 2.25. The number of piperidine rings is 2. The number of nitrogens with zero attached hydrogens (tertiary/aromatic N) is 2. The lowest BCUT2D eigenvalue weighted by Crippen LogP contribution is -2.46. The van der Waals surface area contributed by atoms with E-state index in [-0.39, 0.29) is 6.42 Å². The second-order valence-corrected chi connectivity index (χ2v) is 10.5. The lowest BCUT2D eigenvalue weighted by molar-refractivity contribution is -0.136. The molecule has 0 bridgehead atoms. The van der Waals surface area contributed by atoms with Crippen LogP contribution in [0, 0.1) is 0 Å². The quantitative estimate of drug-likeness (QED) is 0.646. The first kappa shape index (κ1) is 22.6. The van der Waals surface area contributed by atoms with Gasteiger partial charge in [0.05, 0.1) is 6.42 Å². The molecule has 6 heteroatoms. The molecule has 5 nitrogen and oxygen atoms in total. The van der Waals surface area contributed by atoms with Crippen molar-refractivity contribution >= 4 is 22.9 Å². The van der Waals surface area contributed by atoms with E-state index < -0.39 is 5.97 Å². The van der Waals surface area contributed by atoms with Crippen LogP contribution in [-0.2, 0) is 17.8 Å². The highest BCUT2D eigenvalue weighted by Crippen LogP contribution is 2.40. The third-order valence-corrected chi connectivity index (χ3v) is 8.31. The van der Waals surface area contributed by atoms with E-state index in [1.807, 2.05) is 18.2 Å². The summed E-state index contributed by atoms with van der Waals surface area (Å²) in [5.41, 5.74) is 4.25. The van der Waals surface area contributed by atoms with Gasteiger partial charge in [-0.15, -0.1) is 11.3 Å². The molecular formula is C27H34N2O3S. The summed E-state index contributed by atoms with van der Waals surface area (Å²) in [5.74, 6) is 0.0425. The topological polar surface area (TPSA) is 53.0 Å². The number of carboxylic acids is 1. The normalized spacial score (nSPS) is 21.3. The second-order valence-electron chi connectivity index (χ2n) is 9.54. The highest BCUT2D eigenvalue weighted by molar-refractivity contribution is 7.11. The Morgan fingerprint density at radius 2 is 1.94 bits per heavy atom. The Bertz CT molecular complexity index is 1000. The lowest BCUT2D eigenvalue weighted by Gasteiger charge is -2.40. The van der Waals surface area contributed by atoms with Crippen LogP contribution >= 0.6 is 11.3 Å². The molecule has 0 unspecified atom stereocenters. The van der Waals surface area contributed by atoms with Crippen molar-refractivity contribution in [1.29, 1.82) is 0 Å². The molecule has 3 aliphatic rings. The zero-order valence-electron chi connectivity index (χ0n) is 19.3. The molecule has 0 spiro atoms. The fourth-order valence-electron chi connectivity index (χ4n) is 5.55. The Kier molecular flexibility index (Phi) is 7.14. The summed E-state index contributed by atoms with van der Waals surface area (Å²) in [6, 6.07) is 8.74. The molecule has 0 radical (unpaired) electrons. The van der Waals surface area contributed by atoms with E-state index in [0.29, 0.717) is 6.61 Å². The molecule has 1 aromatic heterocycles. The van der Waals surface area contributed by atoms with E-state index in [1.165, 1.54) is 74.3 Å². The van der Waals surface area contributed by atoms with Gasteiger partial charge in [0.2, 0.25) is 0 Å². The van der Waals surface area contributed by atoms with Crippen molar-refractivity contribution in [3.8, 4) is 5.75 Å². The summed E-state index contributed by atoms with van der Waals surface area (Å²) in [7, 11) is 0. The van der Waals surface area contributed by atoms with Gasteiger partial charge in [-0.05, 0) is 93.0 Å². The summed E-state index contributed by atoms with van der Waals surface area (Å²) in [6.45, 7) is 6.61. The van der Waals surface area contributed by atoms with Crippen LogP contribution in [0.2, 0.25) is 0 Å². The van der Waals surface area contributed by atoms with Crippen molar-refractivity contribution in [1.82, 2.24) is 9.80 Å². The molecule has 33 heavy (non-hydrogen) atoms. The van der Waals surface area contributed by atoms with Gasteiger partial charge in [0, 0.05) is 28.6 Å². The van der Waals surface area contributed by atoms with Gasteiger partial charge in [0.1, 0.15) is 12.4 Å². The Balaban J connectivity index is 1.28. The number of hydrogen-bond donors (Lipinski definition) is 1. The van der Waals surface area contributed by atoms with E-state index in [0.717, 1.165) is 35.9 Å². The van der Waals surface area contributed by atoms with Crippen molar-refractivity contribution in [3.63, 3.8) is 0 Å². The zero-order valence-corrected chi connectivity index (χ0v) is 20.1. The van der Waals surface area contributed by atoms with Crippen LogP contribution in [0.1, 0.15) is 60.1 Å². The Morgan fingerprint density at radius 1 is 1.12 bits per heavy atom. The number of carboxylic acid groups (broad SMARTS) is 1. The Morgan fingerprint density at radius 3 is 2.73 bits per heavy atom. The minimum Gasteiger partial charge on any atom is -0.488 e. The van der Waals surface area contributed by atoms with Crippen LogP contribution in [-0.4, -0.2) is 59.6 Å². The van der Waals surface area contributed by atoms with Crippen molar-refractivity contribution in [2.75, 3.05) is 32.7 Å². The first-order valence-corrected chi connectivity index (χ1v) is 13.3. The van der Waals surface area contributed by atoms with Crippen LogP contribution < -0.4 is 4.74 Å². The predicted molar refractivity (Wildman–Crippen MR) is 133 cm³/mol. The molecule has 1 aromatic carbocycles. The van der Waals surface area contributed by atoms with Crippen molar-refractivity contribution in [2.24, 2.45) is 0 Å². The smallest absolute Gasteiger partial charge is 0.307 e. The predicted octanol–water partition coefficient (Wildman–Crippen LogP) is 5.04. The first-order chi connectivity index (χ1) is 16.2. The summed E-state index contributed by atoms with van der Waals surface area (Å²) in [6.07, 6.45) is 10.1. The molecule has 2 fully saturated rings. The number of ether oxygens (including phenoxy) is 1. The van der Waals surface area contributed by atoms with E-state index in [2.05, 4.69) is 27.3 Å². The number of thiophene rings is 1. The summed E-state index contributed by atoms with van der Waals surface area (Å²) in [5, 5.41) is 11.4. The number of hydrogen-bond acceptors (Lipinski definition) is 5. The molecule has 176 valence electrons. The fourth-order valence-corrected chi connectivity index (χ4v) is 6.51. The highest BCUT2D eigenvalue weighted by atomic mass is 32.1. The third-order valence-electron chi connectivity index (χ3n) is 7.32. The average Bonchev–Trinajstić information content (AvgIpc) is 3.25. The fraction of sp³-hybridized carbons (Fsp3) is 0.519. The molecule has 5 rings (SSSR count). The number of aliphatic carboxylic acids is 1. The molecule has 2 aromatic rings. The van der Waals surface area contributed by atoms with Gasteiger partial charge in [0.15, 0.2) is 0 Å². The summed E-state index contributed by atoms with van der Waals surface area (Å²) in [4.78, 5) is 17.9. The Labute approximate surface area is 200 Å². The largest absolute Gasteiger partial charge is 0.488 e. The average molecular weight is 467 g/mol. The maximum absolute atomic E-state index is 11.3. The molecule has 1 N–H and O–H groups in total. The van der Waals surface area contributed by atoms with Gasteiger partial charge < -0.3 is 19.6 Å².